The van der Waals surface area contributed by atoms with Crippen molar-refractivity contribution in [2.75, 3.05) is 0 Å². The fraction of sp³-hybridized carbons (Fsp3) is 0.267. The molecule has 1 aliphatic rings. The molecule has 86 valence electrons. The zero-order chi connectivity index (χ0) is 11.8. The average molecular weight is 225 g/mol. The van der Waals surface area contributed by atoms with Crippen molar-refractivity contribution in [1.82, 2.24) is 4.98 Å². The van der Waals surface area contributed by atoms with Crippen LogP contribution >= 0.6 is 0 Å². The number of rotatable bonds is 1. The fourth-order valence-corrected chi connectivity index (χ4v) is 2.70. The number of benzene rings is 1. The Hall–Kier alpha value is -1.83. The third kappa shape index (κ3) is 1.60. The van der Waals surface area contributed by atoms with Crippen molar-refractivity contribution in [2.45, 2.75) is 26.2 Å². The van der Waals surface area contributed by atoms with E-state index in [1.807, 2.05) is 25.1 Å². The van der Waals surface area contributed by atoms with Crippen molar-refractivity contribution in [3.63, 3.8) is 0 Å². The lowest BCUT2D eigenvalue weighted by molar-refractivity contribution is 0.0973. The van der Waals surface area contributed by atoms with Gasteiger partial charge in [0, 0.05) is 28.9 Å². The van der Waals surface area contributed by atoms with Gasteiger partial charge in [0.25, 0.3) is 0 Å². The molecule has 2 nitrogen and oxygen atoms in total. The third-order valence-corrected chi connectivity index (χ3v) is 3.44. The quantitative estimate of drug-likeness (QED) is 0.791. The second-order valence-corrected chi connectivity index (χ2v) is 4.62. The number of carbonyl (C=O) groups is 1. The molecule has 0 unspecified atom stereocenters. The van der Waals surface area contributed by atoms with Gasteiger partial charge in [0.05, 0.1) is 0 Å². The molecule has 2 heteroatoms. The van der Waals surface area contributed by atoms with Crippen molar-refractivity contribution >= 4 is 5.78 Å². The summed E-state index contributed by atoms with van der Waals surface area (Å²) >= 11 is 0. The Bertz CT molecular complexity index is 566. The van der Waals surface area contributed by atoms with Crippen LogP contribution in [-0.4, -0.2) is 10.8 Å². The first-order valence-corrected chi connectivity index (χ1v) is 6.07. The van der Waals surface area contributed by atoms with Gasteiger partial charge in [-0.3, -0.25) is 4.79 Å². The van der Waals surface area contributed by atoms with Crippen LogP contribution in [-0.2, 0) is 6.42 Å². The van der Waals surface area contributed by atoms with Crippen LogP contribution < -0.4 is 0 Å². The Balaban J connectivity index is 2.24. The van der Waals surface area contributed by atoms with Gasteiger partial charge in [-0.05, 0) is 25.3 Å². The summed E-state index contributed by atoms with van der Waals surface area (Å²) in [7, 11) is 0. The zero-order valence-corrected chi connectivity index (χ0v) is 9.92. The first-order valence-electron chi connectivity index (χ1n) is 6.07. The lowest BCUT2D eigenvalue weighted by atomic mass is 9.90. The van der Waals surface area contributed by atoms with Gasteiger partial charge in [-0.1, -0.05) is 30.3 Å². The standard InChI is InChI=1S/C15H15NO/c1-10-14(11-6-3-2-4-7-11)15-12(16-10)8-5-9-13(15)17/h2-4,6-7,16H,5,8-9H2,1H3. The first kappa shape index (κ1) is 10.3. The van der Waals surface area contributed by atoms with Crippen LogP contribution in [0.15, 0.2) is 30.3 Å². The third-order valence-electron chi connectivity index (χ3n) is 3.44. The summed E-state index contributed by atoms with van der Waals surface area (Å²) in [6, 6.07) is 10.2. The monoisotopic (exact) mass is 225 g/mol. The molecule has 0 saturated carbocycles. The van der Waals surface area contributed by atoms with E-state index in [-0.39, 0.29) is 5.78 Å². The van der Waals surface area contributed by atoms with Crippen molar-refractivity contribution in [1.29, 1.82) is 0 Å². The maximum atomic E-state index is 12.1. The number of aromatic amines is 1. The first-order chi connectivity index (χ1) is 8.27. The van der Waals surface area contributed by atoms with E-state index in [9.17, 15) is 4.79 Å². The Morgan fingerprint density at radius 3 is 2.59 bits per heavy atom. The van der Waals surface area contributed by atoms with Crippen molar-refractivity contribution in [2.24, 2.45) is 0 Å². The lowest BCUT2D eigenvalue weighted by Crippen LogP contribution is -2.09. The highest BCUT2D eigenvalue weighted by molar-refractivity contribution is 6.05. The number of ketones is 1. The molecule has 0 aliphatic heterocycles. The molecule has 3 rings (SSSR count). The molecular formula is C15H15NO. The average Bonchev–Trinajstić information content (AvgIpc) is 2.68. The van der Waals surface area contributed by atoms with E-state index < -0.39 is 0 Å². The van der Waals surface area contributed by atoms with Gasteiger partial charge in [-0.15, -0.1) is 0 Å². The molecule has 0 saturated heterocycles. The number of hydrogen-bond acceptors (Lipinski definition) is 1. The number of aromatic nitrogens is 1. The summed E-state index contributed by atoms with van der Waals surface area (Å²) in [4.78, 5) is 15.4. The van der Waals surface area contributed by atoms with Crippen LogP contribution in [0.2, 0.25) is 0 Å². The minimum atomic E-state index is 0.287. The molecule has 0 fully saturated rings. The maximum absolute atomic E-state index is 12.1. The number of nitrogens with one attached hydrogen (secondary N) is 1. The predicted molar refractivity (Wildman–Crippen MR) is 68.2 cm³/mol. The number of fused-ring (bicyclic) bond motifs is 1. The van der Waals surface area contributed by atoms with Crippen LogP contribution in [0.3, 0.4) is 0 Å². The molecule has 1 heterocycles. The smallest absolute Gasteiger partial charge is 0.165 e. The molecule has 1 aromatic heterocycles. The van der Waals surface area contributed by atoms with Crippen molar-refractivity contribution < 1.29 is 4.79 Å². The van der Waals surface area contributed by atoms with E-state index in [0.29, 0.717) is 6.42 Å². The normalized spacial score (nSPS) is 14.8. The van der Waals surface area contributed by atoms with Gasteiger partial charge in [0.1, 0.15) is 0 Å². The van der Waals surface area contributed by atoms with Crippen molar-refractivity contribution in [3.05, 3.63) is 47.3 Å². The van der Waals surface area contributed by atoms with E-state index in [1.54, 1.807) is 0 Å². The highest BCUT2D eigenvalue weighted by atomic mass is 16.1. The predicted octanol–water partition coefficient (Wildman–Crippen LogP) is 3.51. The highest BCUT2D eigenvalue weighted by Crippen LogP contribution is 2.34. The number of carbonyl (C=O) groups excluding carboxylic acids is 1. The van der Waals surface area contributed by atoms with Gasteiger partial charge in [-0.25, -0.2) is 0 Å². The Morgan fingerprint density at radius 2 is 1.82 bits per heavy atom. The number of aryl methyl sites for hydroxylation is 2. The molecule has 0 atom stereocenters. The molecule has 0 amide bonds. The highest BCUT2D eigenvalue weighted by Gasteiger charge is 2.25. The molecular weight excluding hydrogens is 210 g/mol. The van der Waals surface area contributed by atoms with Gasteiger partial charge in [0.15, 0.2) is 5.78 Å². The number of H-pyrrole nitrogens is 1. The van der Waals surface area contributed by atoms with Crippen LogP contribution in [0.5, 0.6) is 0 Å². The number of Topliss-reactive ketones (excluding diaryl/α,β-unsaturated/α-hetero) is 1. The SMILES string of the molecule is Cc1[nH]c2c(c1-c1ccccc1)C(=O)CCC2. The summed E-state index contributed by atoms with van der Waals surface area (Å²) < 4.78 is 0. The van der Waals surface area contributed by atoms with Gasteiger partial charge in [0.2, 0.25) is 0 Å². The Kier molecular flexibility index (Phi) is 2.36. The molecule has 1 aliphatic carbocycles. The Morgan fingerprint density at radius 1 is 1.06 bits per heavy atom. The molecule has 0 bridgehead atoms. The van der Waals surface area contributed by atoms with Gasteiger partial charge in [-0.2, -0.15) is 0 Å². The van der Waals surface area contributed by atoms with Crippen LogP contribution in [0.1, 0.15) is 34.6 Å². The minimum absolute atomic E-state index is 0.287. The van der Waals surface area contributed by atoms with Crippen LogP contribution in [0.25, 0.3) is 11.1 Å². The maximum Gasteiger partial charge on any atom is 0.165 e. The molecule has 0 spiro atoms. The molecule has 1 aromatic carbocycles. The van der Waals surface area contributed by atoms with Crippen LogP contribution in [0, 0.1) is 6.92 Å². The molecule has 2 aromatic rings. The topological polar surface area (TPSA) is 32.9 Å². The minimum Gasteiger partial charge on any atom is -0.361 e. The zero-order valence-electron chi connectivity index (χ0n) is 9.92. The Labute approximate surface area is 101 Å². The summed E-state index contributed by atoms with van der Waals surface area (Å²) in [5.74, 6) is 0.287. The van der Waals surface area contributed by atoms with E-state index in [0.717, 1.165) is 40.9 Å². The molecule has 17 heavy (non-hydrogen) atoms. The fourth-order valence-electron chi connectivity index (χ4n) is 2.70. The van der Waals surface area contributed by atoms with E-state index in [1.165, 1.54) is 0 Å². The molecule has 1 N–H and O–H groups in total. The van der Waals surface area contributed by atoms with Crippen LogP contribution in [0.4, 0.5) is 0 Å². The summed E-state index contributed by atoms with van der Waals surface area (Å²) in [5, 5.41) is 0. The molecule has 0 radical (unpaired) electrons. The van der Waals surface area contributed by atoms with E-state index in [2.05, 4.69) is 17.1 Å². The van der Waals surface area contributed by atoms with E-state index in [4.69, 9.17) is 0 Å². The number of hydrogen-bond donors (Lipinski definition) is 1. The lowest BCUT2D eigenvalue weighted by Gasteiger charge is -2.11. The summed E-state index contributed by atoms with van der Waals surface area (Å²) in [6.07, 6.45) is 2.65. The second kappa shape index (κ2) is 3.88. The summed E-state index contributed by atoms with van der Waals surface area (Å²) in [6.45, 7) is 2.05. The second-order valence-electron chi connectivity index (χ2n) is 4.62. The van der Waals surface area contributed by atoms with Crippen molar-refractivity contribution in [3.8, 4) is 11.1 Å². The van der Waals surface area contributed by atoms with Gasteiger partial charge < -0.3 is 4.98 Å². The van der Waals surface area contributed by atoms with Gasteiger partial charge >= 0.3 is 0 Å². The summed E-state index contributed by atoms with van der Waals surface area (Å²) in [5.41, 5.74) is 5.40. The van der Waals surface area contributed by atoms with E-state index >= 15 is 0 Å². The largest absolute Gasteiger partial charge is 0.361 e.